The van der Waals surface area contributed by atoms with Crippen molar-refractivity contribution in [2.24, 2.45) is 0 Å². The summed E-state index contributed by atoms with van der Waals surface area (Å²) >= 11 is 0. The summed E-state index contributed by atoms with van der Waals surface area (Å²) < 4.78 is 24.0. The van der Waals surface area contributed by atoms with E-state index >= 15 is 0 Å². The van der Waals surface area contributed by atoms with Gasteiger partial charge in [0.15, 0.2) is 12.6 Å². The van der Waals surface area contributed by atoms with Crippen LogP contribution >= 0.6 is 0 Å². The molecule has 2 heterocycles. The van der Waals surface area contributed by atoms with Gasteiger partial charge in [-0.25, -0.2) is 0 Å². The van der Waals surface area contributed by atoms with E-state index in [4.69, 9.17) is 18.9 Å². The van der Waals surface area contributed by atoms with Gasteiger partial charge in [-0.1, -0.05) is 60.7 Å². The van der Waals surface area contributed by atoms with Crippen molar-refractivity contribution < 1.29 is 29.2 Å². The first-order valence-corrected chi connectivity index (χ1v) is 8.73. The van der Waals surface area contributed by atoms with Crippen molar-refractivity contribution in [2.75, 3.05) is 13.2 Å². The lowest BCUT2D eigenvalue weighted by Crippen LogP contribution is -2.59. The van der Waals surface area contributed by atoms with Crippen molar-refractivity contribution in [1.82, 2.24) is 0 Å². The lowest BCUT2D eigenvalue weighted by atomic mass is 9.99. The summed E-state index contributed by atoms with van der Waals surface area (Å²) in [5.41, 5.74) is 1.68. The Morgan fingerprint density at radius 1 is 0.577 bits per heavy atom. The molecule has 2 saturated heterocycles. The molecule has 2 unspecified atom stereocenters. The monoisotopic (exact) mass is 358 g/mol. The minimum absolute atomic E-state index is 0.215. The lowest BCUT2D eigenvalue weighted by molar-refractivity contribution is -0.387. The van der Waals surface area contributed by atoms with Crippen LogP contribution in [0.5, 0.6) is 0 Å². The van der Waals surface area contributed by atoms with Gasteiger partial charge in [0, 0.05) is 11.1 Å². The molecule has 2 N–H and O–H groups in total. The minimum Gasteiger partial charge on any atom is -0.394 e. The Bertz CT molecular complexity index is 632. The predicted octanol–water partition coefficient (Wildman–Crippen LogP) is 1.94. The smallest absolute Gasteiger partial charge is 0.184 e. The van der Waals surface area contributed by atoms with Crippen molar-refractivity contribution in [3.63, 3.8) is 0 Å². The molecule has 0 aliphatic carbocycles. The highest BCUT2D eigenvalue weighted by Crippen LogP contribution is 2.40. The van der Waals surface area contributed by atoms with Crippen LogP contribution in [0.4, 0.5) is 0 Å². The maximum absolute atomic E-state index is 9.85. The number of aliphatic hydroxyl groups excluding tert-OH is 2. The second-order valence-electron chi connectivity index (χ2n) is 6.40. The van der Waals surface area contributed by atoms with Gasteiger partial charge in [-0.3, -0.25) is 0 Å². The highest BCUT2D eigenvalue weighted by atomic mass is 16.8. The van der Waals surface area contributed by atoms with E-state index in [9.17, 15) is 10.2 Å². The Labute approximate surface area is 151 Å². The van der Waals surface area contributed by atoms with Crippen molar-refractivity contribution in [1.29, 1.82) is 0 Å². The molecule has 26 heavy (non-hydrogen) atoms. The van der Waals surface area contributed by atoms with Gasteiger partial charge in [0.2, 0.25) is 0 Å². The molecule has 2 aliphatic heterocycles. The third-order valence-electron chi connectivity index (χ3n) is 4.72. The second kappa shape index (κ2) is 7.84. The van der Waals surface area contributed by atoms with Crippen LogP contribution in [0.15, 0.2) is 60.7 Å². The number of rotatable bonds is 4. The molecule has 0 bridgehead atoms. The Kier molecular flexibility index (Phi) is 5.31. The minimum atomic E-state index is -0.649. The van der Waals surface area contributed by atoms with Crippen LogP contribution in [0.3, 0.4) is 0 Å². The highest BCUT2D eigenvalue weighted by molar-refractivity contribution is 5.18. The topological polar surface area (TPSA) is 77.4 Å². The third-order valence-corrected chi connectivity index (χ3v) is 4.72. The second-order valence-corrected chi connectivity index (χ2v) is 6.40. The number of benzene rings is 2. The summed E-state index contributed by atoms with van der Waals surface area (Å²) in [5, 5.41) is 19.7. The fraction of sp³-hybridized carbons (Fsp3) is 0.400. The van der Waals surface area contributed by atoms with Crippen LogP contribution in [-0.4, -0.2) is 47.8 Å². The van der Waals surface area contributed by atoms with Crippen LogP contribution in [0.25, 0.3) is 0 Å². The van der Waals surface area contributed by atoms with Crippen molar-refractivity contribution in [2.45, 2.75) is 37.0 Å². The molecule has 2 fully saturated rings. The number of hydrogen-bond donors (Lipinski definition) is 2. The van der Waals surface area contributed by atoms with E-state index in [2.05, 4.69) is 0 Å². The first kappa shape index (κ1) is 17.6. The fourth-order valence-electron chi connectivity index (χ4n) is 3.40. The fourth-order valence-corrected chi connectivity index (χ4v) is 3.40. The number of hydrogen-bond acceptors (Lipinski definition) is 6. The average molecular weight is 358 g/mol. The quantitative estimate of drug-likeness (QED) is 0.870. The number of aliphatic hydroxyl groups is 2. The normalized spacial score (nSPS) is 34.2. The van der Waals surface area contributed by atoms with Crippen LogP contribution < -0.4 is 0 Å². The summed E-state index contributed by atoms with van der Waals surface area (Å²) in [6, 6.07) is 19.0. The molecule has 0 aromatic heterocycles. The molecule has 6 heteroatoms. The van der Waals surface area contributed by atoms with E-state index < -0.39 is 37.0 Å². The average Bonchev–Trinajstić information content (AvgIpc) is 2.73. The third kappa shape index (κ3) is 3.40. The van der Waals surface area contributed by atoms with Gasteiger partial charge in [-0.05, 0) is 0 Å². The molecule has 138 valence electrons. The Balaban J connectivity index is 1.59. The first-order valence-electron chi connectivity index (χ1n) is 8.73. The standard InChI is InChI=1S/C20H22O6/c21-11-15-18-17(25-19(23-15)13-7-3-1-4-8-13)16(12-22)24-20(26-18)14-9-5-2-6-10-14/h1-10,15-22H,11-12H2/t15-,16-,17-,18-,19?,20?/m1/s1. The lowest BCUT2D eigenvalue weighted by Gasteiger charge is -2.48. The summed E-state index contributed by atoms with van der Waals surface area (Å²) in [4.78, 5) is 0. The SMILES string of the molecule is OC[C@H]1OC(c2ccccc2)O[C@H]2[C@@H]1OC(c1ccccc1)O[C@@H]2CO. The van der Waals surface area contributed by atoms with E-state index in [0.29, 0.717) is 0 Å². The Morgan fingerprint density at radius 3 is 1.31 bits per heavy atom. The van der Waals surface area contributed by atoms with Crippen LogP contribution in [0.2, 0.25) is 0 Å². The van der Waals surface area contributed by atoms with Crippen molar-refractivity contribution >= 4 is 0 Å². The molecule has 2 aromatic rings. The summed E-state index contributed by atoms with van der Waals surface area (Å²) in [6.45, 7) is -0.430. The van der Waals surface area contributed by atoms with E-state index in [1.54, 1.807) is 0 Å². The summed E-state index contributed by atoms with van der Waals surface area (Å²) in [6.07, 6.45) is -3.55. The van der Waals surface area contributed by atoms with Gasteiger partial charge in [-0.15, -0.1) is 0 Å². The van der Waals surface area contributed by atoms with Crippen molar-refractivity contribution in [3.05, 3.63) is 71.8 Å². The molecule has 2 aromatic carbocycles. The molecule has 0 radical (unpaired) electrons. The Morgan fingerprint density at radius 2 is 0.962 bits per heavy atom. The largest absolute Gasteiger partial charge is 0.394 e. The molecule has 6 nitrogen and oxygen atoms in total. The molecule has 0 saturated carbocycles. The molecule has 2 aliphatic rings. The van der Waals surface area contributed by atoms with Gasteiger partial charge in [0.05, 0.1) is 13.2 Å². The van der Waals surface area contributed by atoms with Crippen LogP contribution in [0.1, 0.15) is 23.7 Å². The molecule has 0 spiro atoms. The zero-order chi connectivity index (χ0) is 17.9. The Hall–Kier alpha value is -1.80. The number of fused-ring (bicyclic) bond motifs is 1. The van der Waals surface area contributed by atoms with Gasteiger partial charge in [-0.2, -0.15) is 0 Å². The summed E-state index contributed by atoms with van der Waals surface area (Å²) in [7, 11) is 0. The maximum Gasteiger partial charge on any atom is 0.184 e. The van der Waals surface area contributed by atoms with Gasteiger partial charge in [0.25, 0.3) is 0 Å². The zero-order valence-electron chi connectivity index (χ0n) is 14.2. The van der Waals surface area contributed by atoms with E-state index in [0.717, 1.165) is 11.1 Å². The van der Waals surface area contributed by atoms with E-state index in [1.807, 2.05) is 60.7 Å². The van der Waals surface area contributed by atoms with Crippen molar-refractivity contribution in [3.8, 4) is 0 Å². The van der Waals surface area contributed by atoms with Gasteiger partial charge < -0.3 is 29.2 Å². The first-order chi connectivity index (χ1) is 12.8. The van der Waals surface area contributed by atoms with E-state index in [-0.39, 0.29) is 13.2 Å². The molecule has 4 rings (SSSR count). The highest BCUT2D eigenvalue weighted by Gasteiger charge is 2.49. The maximum atomic E-state index is 9.85. The summed E-state index contributed by atoms with van der Waals surface area (Å²) in [5.74, 6) is 0. The predicted molar refractivity (Wildman–Crippen MR) is 92.0 cm³/mol. The van der Waals surface area contributed by atoms with Gasteiger partial charge >= 0.3 is 0 Å². The molecule has 0 amide bonds. The van der Waals surface area contributed by atoms with Crippen LogP contribution in [0, 0.1) is 0 Å². The zero-order valence-corrected chi connectivity index (χ0v) is 14.2. The number of ether oxygens (including phenoxy) is 4. The van der Waals surface area contributed by atoms with Gasteiger partial charge in [0.1, 0.15) is 24.4 Å². The van der Waals surface area contributed by atoms with E-state index in [1.165, 1.54) is 0 Å². The van der Waals surface area contributed by atoms with Crippen LogP contribution in [-0.2, 0) is 18.9 Å². The molecular formula is C20H22O6. The molecule has 6 atom stereocenters. The molecular weight excluding hydrogens is 336 g/mol.